The lowest BCUT2D eigenvalue weighted by Gasteiger charge is -2.11. The SMILES string of the molecule is C[Si](C)(C)C#Cc1cccc(-c2c3cccc(C(F)(F)F)c3nn2Cc2c(F)cc(F)cc2F)c1. The molecule has 1 aromatic heterocycles. The monoisotopic (exact) mass is 502 g/mol. The fourth-order valence-electron chi connectivity index (χ4n) is 3.68. The Balaban J connectivity index is 1.97. The highest BCUT2D eigenvalue weighted by atomic mass is 28.3. The van der Waals surface area contributed by atoms with E-state index in [0.29, 0.717) is 23.3 Å². The van der Waals surface area contributed by atoms with Crippen molar-refractivity contribution in [3.8, 4) is 22.7 Å². The van der Waals surface area contributed by atoms with Crippen molar-refractivity contribution in [2.75, 3.05) is 0 Å². The summed E-state index contributed by atoms with van der Waals surface area (Å²) in [5, 5.41) is 4.28. The molecule has 180 valence electrons. The minimum atomic E-state index is -4.69. The van der Waals surface area contributed by atoms with Crippen LogP contribution in [0.15, 0.2) is 54.6 Å². The largest absolute Gasteiger partial charge is 0.418 e. The lowest BCUT2D eigenvalue weighted by molar-refractivity contribution is -0.136. The number of alkyl halides is 3. The quantitative estimate of drug-likeness (QED) is 0.162. The Hall–Kier alpha value is -3.51. The third-order valence-electron chi connectivity index (χ3n) is 5.21. The van der Waals surface area contributed by atoms with Crippen LogP contribution in [0.25, 0.3) is 22.2 Å². The van der Waals surface area contributed by atoms with Crippen molar-refractivity contribution in [3.05, 3.63) is 88.7 Å². The molecule has 9 heteroatoms. The van der Waals surface area contributed by atoms with Gasteiger partial charge in [-0.2, -0.15) is 18.3 Å². The van der Waals surface area contributed by atoms with Crippen molar-refractivity contribution < 1.29 is 26.3 Å². The highest BCUT2D eigenvalue weighted by molar-refractivity contribution is 6.83. The zero-order chi connectivity index (χ0) is 25.5. The van der Waals surface area contributed by atoms with E-state index in [2.05, 4.69) is 36.2 Å². The predicted molar refractivity (Wildman–Crippen MR) is 126 cm³/mol. The predicted octanol–water partition coefficient (Wildman–Crippen LogP) is 7.42. The summed E-state index contributed by atoms with van der Waals surface area (Å²) in [5.41, 5.74) is 2.78. The van der Waals surface area contributed by atoms with Gasteiger partial charge in [-0.1, -0.05) is 49.8 Å². The van der Waals surface area contributed by atoms with E-state index in [-0.39, 0.29) is 16.6 Å². The van der Waals surface area contributed by atoms with Gasteiger partial charge in [0.2, 0.25) is 0 Å². The Morgan fingerprint density at radius 1 is 0.914 bits per heavy atom. The van der Waals surface area contributed by atoms with E-state index in [4.69, 9.17) is 0 Å². The normalized spacial score (nSPS) is 12.0. The van der Waals surface area contributed by atoms with Gasteiger partial charge in [-0.3, -0.25) is 4.68 Å². The van der Waals surface area contributed by atoms with Gasteiger partial charge in [-0.05, 0) is 18.2 Å². The van der Waals surface area contributed by atoms with Crippen LogP contribution in [0.2, 0.25) is 19.6 Å². The minimum Gasteiger partial charge on any atom is -0.259 e. The molecule has 0 amide bonds. The Labute approximate surface area is 199 Å². The number of rotatable bonds is 3. The van der Waals surface area contributed by atoms with E-state index >= 15 is 0 Å². The summed E-state index contributed by atoms with van der Waals surface area (Å²) in [7, 11) is -1.69. The van der Waals surface area contributed by atoms with Gasteiger partial charge < -0.3 is 0 Å². The van der Waals surface area contributed by atoms with Crippen LogP contribution in [-0.4, -0.2) is 17.9 Å². The van der Waals surface area contributed by atoms with Gasteiger partial charge in [-0.15, -0.1) is 5.54 Å². The number of fused-ring (bicyclic) bond motifs is 1. The maximum atomic E-state index is 14.4. The van der Waals surface area contributed by atoms with Crippen molar-refractivity contribution in [2.24, 2.45) is 0 Å². The van der Waals surface area contributed by atoms with Crippen LogP contribution in [0.3, 0.4) is 0 Å². The lowest BCUT2D eigenvalue weighted by Crippen LogP contribution is -2.16. The summed E-state index contributed by atoms with van der Waals surface area (Å²) in [6.45, 7) is 5.70. The van der Waals surface area contributed by atoms with Crippen LogP contribution in [0.4, 0.5) is 26.3 Å². The maximum Gasteiger partial charge on any atom is 0.418 e. The molecule has 4 rings (SSSR count). The molecule has 0 bridgehead atoms. The Morgan fingerprint density at radius 2 is 1.57 bits per heavy atom. The van der Waals surface area contributed by atoms with E-state index in [1.54, 1.807) is 24.3 Å². The first-order chi connectivity index (χ1) is 16.3. The van der Waals surface area contributed by atoms with Crippen molar-refractivity contribution in [1.82, 2.24) is 9.78 Å². The molecular formula is C26H20F6N2Si. The molecule has 35 heavy (non-hydrogen) atoms. The molecule has 0 saturated heterocycles. The molecule has 0 atom stereocenters. The number of aromatic nitrogens is 2. The molecule has 0 radical (unpaired) electrons. The standard InChI is InChI=1S/C26H20F6N2Si/c1-35(2,3)11-10-16-6-4-7-17(12-16)25-19-8-5-9-21(26(30,31)32)24(19)33-34(25)15-20-22(28)13-18(27)14-23(20)29/h4-9,12-14H,15H2,1-3H3. The molecule has 0 fully saturated rings. The van der Waals surface area contributed by atoms with E-state index < -0.39 is 49.4 Å². The van der Waals surface area contributed by atoms with Crippen molar-refractivity contribution in [2.45, 2.75) is 32.4 Å². The lowest BCUT2D eigenvalue weighted by atomic mass is 10.0. The number of hydrogen-bond acceptors (Lipinski definition) is 1. The molecule has 0 spiro atoms. The Morgan fingerprint density at radius 3 is 2.20 bits per heavy atom. The first-order valence-electron chi connectivity index (χ1n) is 10.7. The van der Waals surface area contributed by atoms with Gasteiger partial charge in [0, 0.05) is 34.2 Å². The van der Waals surface area contributed by atoms with E-state index in [9.17, 15) is 26.3 Å². The molecule has 0 unspecified atom stereocenters. The second-order valence-electron chi connectivity index (χ2n) is 9.13. The van der Waals surface area contributed by atoms with Crippen LogP contribution >= 0.6 is 0 Å². The van der Waals surface area contributed by atoms with Gasteiger partial charge in [0.25, 0.3) is 0 Å². The first-order valence-corrected chi connectivity index (χ1v) is 14.2. The average molecular weight is 503 g/mol. The average Bonchev–Trinajstić information content (AvgIpc) is 3.12. The summed E-state index contributed by atoms with van der Waals surface area (Å²) in [4.78, 5) is 0. The van der Waals surface area contributed by atoms with Crippen LogP contribution in [0, 0.1) is 28.9 Å². The van der Waals surface area contributed by atoms with E-state index in [1.807, 2.05) is 0 Å². The van der Waals surface area contributed by atoms with Gasteiger partial charge in [0.15, 0.2) is 0 Å². The molecule has 0 aliphatic carbocycles. The van der Waals surface area contributed by atoms with Gasteiger partial charge in [-0.25, -0.2) is 13.2 Å². The summed E-state index contributed by atoms with van der Waals surface area (Å²) in [6, 6.07) is 11.5. The van der Waals surface area contributed by atoms with Crippen LogP contribution in [0.5, 0.6) is 0 Å². The van der Waals surface area contributed by atoms with E-state index in [0.717, 1.165) is 10.7 Å². The van der Waals surface area contributed by atoms with Gasteiger partial charge in [0.1, 0.15) is 31.0 Å². The van der Waals surface area contributed by atoms with Crippen LogP contribution in [-0.2, 0) is 12.7 Å². The number of benzene rings is 3. The van der Waals surface area contributed by atoms with Crippen molar-refractivity contribution in [1.29, 1.82) is 0 Å². The number of halogens is 6. The molecule has 0 saturated carbocycles. The highest BCUT2D eigenvalue weighted by Crippen LogP contribution is 2.38. The molecule has 3 aromatic carbocycles. The summed E-state index contributed by atoms with van der Waals surface area (Å²) in [5.74, 6) is -0.298. The van der Waals surface area contributed by atoms with Crippen molar-refractivity contribution >= 4 is 19.0 Å². The fraction of sp³-hybridized carbons (Fsp3) is 0.192. The smallest absolute Gasteiger partial charge is 0.259 e. The molecule has 1 heterocycles. The maximum absolute atomic E-state index is 14.4. The molecular weight excluding hydrogens is 482 g/mol. The third kappa shape index (κ3) is 5.27. The summed E-state index contributed by atoms with van der Waals surface area (Å²) in [6.07, 6.45) is -4.69. The highest BCUT2D eigenvalue weighted by Gasteiger charge is 2.34. The van der Waals surface area contributed by atoms with Gasteiger partial charge in [0.05, 0.1) is 17.8 Å². The second kappa shape index (κ2) is 8.93. The molecule has 4 aromatic rings. The van der Waals surface area contributed by atoms with E-state index in [1.165, 1.54) is 12.1 Å². The number of nitrogens with zero attached hydrogens (tertiary/aromatic N) is 2. The first kappa shape index (κ1) is 24.6. The summed E-state index contributed by atoms with van der Waals surface area (Å²) < 4.78 is 84.5. The Bertz CT molecular complexity index is 1460. The zero-order valence-corrected chi connectivity index (χ0v) is 20.1. The topological polar surface area (TPSA) is 17.8 Å². The van der Waals surface area contributed by atoms with Crippen molar-refractivity contribution in [3.63, 3.8) is 0 Å². The zero-order valence-electron chi connectivity index (χ0n) is 19.1. The minimum absolute atomic E-state index is 0.165. The molecule has 2 nitrogen and oxygen atoms in total. The van der Waals surface area contributed by atoms with Gasteiger partial charge >= 0.3 is 6.18 Å². The second-order valence-corrected chi connectivity index (χ2v) is 13.9. The molecule has 0 aliphatic rings. The van der Waals surface area contributed by atoms with Crippen LogP contribution in [0.1, 0.15) is 16.7 Å². The number of hydrogen-bond donors (Lipinski definition) is 0. The Kier molecular flexibility index (Phi) is 6.28. The summed E-state index contributed by atoms with van der Waals surface area (Å²) >= 11 is 0. The van der Waals surface area contributed by atoms with Crippen LogP contribution < -0.4 is 0 Å². The fourth-order valence-corrected chi connectivity index (χ4v) is 4.20. The molecule has 0 N–H and O–H groups in total. The molecule has 0 aliphatic heterocycles. The third-order valence-corrected chi connectivity index (χ3v) is 6.08.